The third kappa shape index (κ3) is 2.60. The third-order valence-electron chi connectivity index (χ3n) is 4.83. The van der Waals surface area contributed by atoms with Crippen LogP contribution in [0.25, 0.3) is 0 Å². The fraction of sp³-hybridized carbons (Fsp3) is 0.733. The van der Waals surface area contributed by atoms with Crippen LogP contribution in [0.3, 0.4) is 0 Å². The monoisotopic (exact) mass is 306 g/mol. The Morgan fingerprint density at radius 2 is 2.18 bits per heavy atom. The van der Waals surface area contributed by atoms with Crippen molar-refractivity contribution in [3.8, 4) is 0 Å². The molecule has 1 saturated heterocycles. The van der Waals surface area contributed by atoms with E-state index >= 15 is 0 Å². The second kappa shape index (κ2) is 5.70. The van der Waals surface area contributed by atoms with Gasteiger partial charge < -0.3 is 14.6 Å². The standard InChI is InChI=1S/C15H22N4O3/c1-10(13-18-16-9-19(13)2)17-14(21)11-8-12(20)22-15(11)6-4-3-5-7-15/h9-11H,3-8H2,1-2H3,(H,17,21). The summed E-state index contributed by atoms with van der Waals surface area (Å²) in [6.07, 6.45) is 6.51. The Hall–Kier alpha value is -1.92. The van der Waals surface area contributed by atoms with Gasteiger partial charge in [-0.25, -0.2) is 0 Å². The molecule has 22 heavy (non-hydrogen) atoms. The normalized spacial score (nSPS) is 25.0. The van der Waals surface area contributed by atoms with Gasteiger partial charge in [0.1, 0.15) is 11.9 Å². The number of ether oxygens (including phenoxy) is 1. The topological polar surface area (TPSA) is 86.1 Å². The molecule has 1 spiro atoms. The zero-order chi connectivity index (χ0) is 15.7. The molecule has 2 atom stereocenters. The van der Waals surface area contributed by atoms with Crippen LogP contribution in [0.4, 0.5) is 0 Å². The molecule has 1 amide bonds. The van der Waals surface area contributed by atoms with Crippen molar-refractivity contribution in [2.24, 2.45) is 13.0 Å². The molecule has 2 unspecified atom stereocenters. The highest BCUT2D eigenvalue weighted by atomic mass is 16.6. The van der Waals surface area contributed by atoms with E-state index in [1.165, 1.54) is 0 Å². The average molecular weight is 306 g/mol. The largest absolute Gasteiger partial charge is 0.458 e. The third-order valence-corrected chi connectivity index (χ3v) is 4.83. The molecule has 0 radical (unpaired) electrons. The molecule has 7 nitrogen and oxygen atoms in total. The van der Waals surface area contributed by atoms with E-state index in [0.29, 0.717) is 5.82 Å². The van der Waals surface area contributed by atoms with Gasteiger partial charge in [0.15, 0.2) is 5.82 Å². The number of carbonyl (C=O) groups excluding carboxylic acids is 2. The molecule has 0 bridgehead atoms. The van der Waals surface area contributed by atoms with Crippen LogP contribution in [0, 0.1) is 5.92 Å². The molecule has 1 aromatic rings. The van der Waals surface area contributed by atoms with Gasteiger partial charge in [0.05, 0.1) is 18.4 Å². The molecular formula is C15H22N4O3. The van der Waals surface area contributed by atoms with Crippen LogP contribution in [0.15, 0.2) is 6.33 Å². The van der Waals surface area contributed by atoms with E-state index < -0.39 is 11.5 Å². The number of esters is 1. The van der Waals surface area contributed by atoms with E-state index in [0.717, 1.165) is 32.1 Å². The summed E-state index contributed by atoms with van der Waals surface area (Å²) < 4.78 is 7.36. The molecular weight excluding hydrogens is 284 g/mol. The maximum absolute atomic E-state index is 12.7. The van der Waals surface area contributed by atoms with Gasteiger partial charge in [-0.15, -0.1) is 10.2 Å². The predicted octanol–water partition coefficient (Wildman–Crippen LogP) is 1.26. The van der Waals surface area contributed by atoms with Gasteiger partial charge in [-0.2, -0.15) is 0 Å². The summed E-state index contributed by atoms with van der Waals surface area (Å²) in [5.41, 5.74) is -0.584. The molecule has 1 aliphatic carbocycles. The summed E-state index contributed by atoms with van der Waals surface area (Å²) >= 11 is 0. The molecule has 1 aliphatic heterocycles. The zero-order valence-corrected chi connectivity index (χ0v) is 13.0. The summed E-state index contributed by atoms with van der Waals surface area (Å²) in [6.45, 7) is 1.87. The molecule has 2 fully saturated rings. The molecule has 7 heteroatoms. The predicted molar refractivity (Wildman–Crippen MR) is 77.6 cm³/mol. The number of hydrogen-bond donors (Lipinski definition) is 1. The molecule has 120 valence electrons. The van der Waals surface area contributed by atoms with E-state index in [4.69, 9.17) is 4.74 Å². The van der Waals surface area contributed by atoms with Gasteiger partial charge in [0, 0.05) is 7.05 Å². The van der Waals surface area contributed by atoms with E-state index in [1.54, 1.807) is 10.9 Å². The first-order valence-electron chi connectivity index (χ1n) is 7.88. The van der Waals surface area contributed by atoms with Gasteiger partial charge >= 0.3 is 5.97 Å². The van der Waals surface area contributed by atoms with E-state index in [1.807, 2.05) is 14.0 Å². The minimum absolute atomic E-state index is 0.122. The number of carbonyl (C=O) groups is 2. The lowest BCUT2D eigenvalue weighted by atomic mass is 9.75. The summed E-state index contributed by atoms with van der Waals surface area (Å²) in [6, 6.07) is -0.253. The fourth-order valence-corrected chi connectivity index (χ4v) is 3.69. The first-order chi connectivity index (χ1) is 10.5. The maximum atomic E-state index is 12.7. The van der Waals surface area contributed by atoms with Crippen LogP contribution in [-0.4, -0.2) is 32.2 Å². The van der Waals surface area contributed by atoms with Gasteiger partial charge in [-0.1, -0.05) is 6.42 Å². The maximum Gasteiger partial charge on any atom is 0.307 e. The van der Waals surface area contributed by atoms with Crippen molar-refractivity contribution in [2.45, 2.75) is 57.1 Å². The van der Waals surface area contributed by atoms with Crippen LogP contribution in [0.2, 0.25) is 0 Å². The number of hydrogen-bond acceptors (Lipinski definition) is 5. The van der Waals surface area contributed by atoms with Gasteiger partial charge in [0.25, 0.3) is 0 Å². The van der Waals surface area contributed by atoms with Crippen molar-refractivity contribution in [1.29, 1.82) is 0 Å². The number of nitrogens with one attached hydrogen (secondary N) is 1. The lowest BCUT2D eigenvalue weighted by molar-refractivity contribution is -0.153. The van der Waals surface area contributed by atoms with E-state index in [2.05, 4.69) is 15.5 Å². The van der Waals surface area contributed by atoms with Crippen molar-refractivity contribution in [3.63, 3.8) is 0 Å². The fourth-order valence-electron chi connectivity index (χ4n) is 3.69. The van der Waals surface area contributed by atoms with Gasteiger partial charge in [0.2, 0.25) is 5.91 Å². The SMILES string of the molecule is CC(NC(=O)C1CC(=O)OC12CCCCC2)c1nncn1C. The first kappa shape index (κ1) is 15.0. The Balaban J connectivity index is 1.73. The smallest absolute Gasteiger partial charge is 0.307 e. The Labute approximate surface area is 129 Å². The lowest BCUT2D eigenvalue weighted by Crippen LogP contribution is -2.46. The molecule has 0 aromatic carbocycles. The summed E-state index contributed by atoms with van der Waals surface area (Å²) in [7, 11) is 1.84. The molecule has 3 rings (SSSR count). The number of aromatic nitrogens is 3. The minimum atomic E-state index is -0.584. The number of aryl methyl sites for hydroxylation is 1. The molecule has 1 N–H and O–H groups in total. The van der Waals surface area contributed by atoms with Crippen molar-refractivity contribution in [3.05, 3.63) is 12.2 Å². The highest BCUT2D eigenvalue weighted by molar-refractivity contribution is 5.88. The summed E-state index contributed by atoms with van der Waals surface area (Å²) in [5, 5.41) is 10.8. The Bertz CT molecular complexity index is 577. The second-order valence-corrected chi connectivity index (χ2v) is 6.39. The number of amides is 1. The Morgan fingerprint density at radius 1 is 1.45 bits per heavy atom. The average Bonchev–Trinajstić information content (AvgIpc) is 3.04. The van der Waals surface area contributed by atoms with Gasteiger partial charge in [-0.3, -0.25) is 9.59 Å². The lowest BCUT2D eigenvalue weighted by Gasteiger charge is -2.36. The van der Waals surface area contributed by atoms with Crippen LogP contribution in [0.1, 0.15) is 57.3 Å². The van der Waals surface area contributed by atoms with Crippen LogP contribution in [-0.2, 0) is 21.4 Å². The molecule has 2 aliphatic rings. The van der Waals surface area contributed by atoms with Crippen molar-refractivity contribution >= 4 is 11.9 Å². The Morgan fingerprint density at radius 3 is 2.82 bits per heavy atom. The highest BCUT2D eigenvalue weighted by Gasteiger charge is 2.53. The van der Waals surface area contributed by atoms with Crippen molar-refractivity contribution in [1.82, 2.24) is 20.1 Å². The Kier molecular flexibility index (Phi) is 3.88. The van der Waals surface area contributed by atoms with Crippen molar-refractivity contribution in [2.75, 3.05) is 0 Å². The second-order valence-electron chi connectivity index (χ2n) is 6.39. The van der Waals surface area contributed by atoms with Gasteiger partial charge in [-0.05, 0) is 32.6 Å². The van der Waals surface area contributed by atoms with E-state index in [9.17, 15) is 9.59 Å². The van der Waals surface area contributed by atoms with E-state index in [-0.39, 0.29) is 24.3 Å². The summed E-state index contributed by atoms with van der Waals surface area (Å²) in [4.78, 5) is 24.5. The molecule has 1 aromatic heterocycles. The molecule has 2 heterocycles. The summed E-state index contributed by atoms with van der Waals surface area (Å²) in [5.74, 6) is -0.0797. The highest BCUT2D eigenvalue weighted by Crippen LogP contribution is 2.44. The zero-order valence-electron chi connectivity index (χ0n) is 13.0. The minimum Gasteiger partial charge on any atom is -0.458 e. The van der Waals surface area contributed by atoms with Crippen LogP contribution in [0.5, 0.6) is 0 Å². The number of rotatable bonds is 3. The number of nitrogens with zero attached hydrogens (tertiary/aromatic N) is 3. The first-order valence-corrected chi connectivity index (χ1v) is 7.88. The quantitative estimate of drug-likeness (QED) is 0.850. The van der Waals surface area contributed by atoms with Crippen LogP contribution >= 0.6 is 0 Å². The molecule has 1 saturated carbocycles. The van der Waals surface area contributed by atoms with Crippen LogP contribution < -0.4 is 5.32 Å². The van der Waals surface area contributed by atoms with Crippen molar-refractivity contribution < 1.29 is 14.3 Å².